The van der Waals surface area contributed by atoms with Crippen molar-refractivity contribution in [1.29, 1.82) is 0 Å². The molecule has 2 N–H and O–H groups in total. The van der Waals surface area contributed by atoms with Crippen molar-refractivity contribution in [2.45, 2.75) is 47.1 Å². The molecular weight excluding hydrogens is 234 g/mol. The molecule has 0 radical (unpaired) electrons. The second-order valence-electron chi connectivity index (χ2n) is 5.30. The van der Waals surface area contributed by atoms with E-state index in [1.54, 1.807) is 6.26 Å². The van der Waals surface area contributed by atoms with Gasteiger partial charge in [-0.2, -0.15) is 0 Å². The van der Waals surface area contributed by atoms with Crippen LogP contribution in [-0.2, 0) is 6.42 Å². The Morgan fingerprint density at radius 2 is 1.68 bits per heavy atom. The van der Waals surface area contributed by atoms with Gasteiger partial charge in [-0.05, 0) is 61.6 Å². The van der Waals surface area contributed by atoms with Crippen molar-refractivity contribution in [3.8, 4) is 0 Å². The van der Waals surface area contributed by atoms with Crippen LogP contribution in [0.2, 0.25) is 0 Å². The second-order valence-corrected chi connectivity index (χ2v) is 5.30. The zero-order chi connectivity index (χ0) is 14.2. The smallest absolute Gasteiger partial charge is 0.108 e. The molecule has 1 unspecified atom stereocenters. The first-order chi connectivity index (χ1) is 8.97. The van der Waals surface area contributed by atoms with Crippen molar-refractivity contribution in [2.75, 3.05) is 0 Å². The number of rotatable bonds is 3. The van der Waals surface area contributed by atoms with Crippen LogP contribution in [0.5, 0.6) is 0 Å². The fraction of sp³-hybridized carbons (Fsp3) is 0.412. The number of hydrogen-bond acceptors (Lipinski definition) is 2. The van der Waals surface area contributed by atoms with Gasteiger partial charge in [-0.1, -0.05) is 13.0 Å². The maximum atomic E-state index is 6.52. The molecule has 1 atom stereocenters. The first-order valence-electron chi connectivity index (χ1n) is 6.86. The lowest BCUT2D eigenvalue weighted by molar-refractivity contribution is 0.509. The quantitative estimate of drug-likeness (QED) is 0.898. The Balaban J connectivity index is 2.59. The van der Waals surface area contributed by atoms with Crippen molar-refractivity contribution >= 4 is 0 Å². The molecule has 2 aromatic rings. The Morgan fingerprint density at radius 1 is 1.11 bits per heavy atom. The van der Waals surface area contributed by atoms with Crippen molar-refractivity contribution in [3.63, 3.8) is 0 Å². The molecule has 1 aromatic carbocycles. The molecule has 102 valence electrons. The summed E-state index contributed by atoms with van der Waals surface area (Å²) in [6.45, 7) is 10.7. The Morgan fingerprint density at radius 3 is 2.21 bits per heavy atom. The summed E-state index contributed by atoms with van der Waals surface area (Å²) in [6.07, 6.45) is 2.61. The van der Waals surface area contributed by atoms with E-state index in [0.717, 1.165) is 17.7 Å². The standard InChI is InChI=1S/C17H23NO/c1-6-15-14(7-8-19-15)17(18)16-12(4)10(2)9-11(3)13(16)5/h7-9,17H,6,18H2,1-5H3. The van der Waals surface area contributed by atoms with Gasteiger partial charge in [0.1, 0.15) is 5.76 Å². The highest BCUT2D eigenvalue weighted by Gasteiger charge is 2.20. The van der Waals surface area contributed by atoms with Crippen LogP contribution >= 0.6 is 0 Å². The van der Waals surface area contributed by atoms with Crippen LogP contribution in [0.25, 0.3) is 0 Å². The third-order valence-corrected chi connectivity index (χ3v) is 4.17. The average molecular weight is 257 g/mol. The molecule has 0 fully saturated rings. The summed E-state index contributed by atoms with van der Waals surface area (Å²) in [4.78, 5) is 0. The second kappa shape index (κ2) is 5.22. The highest BCUT2D eigenvalue weighted by Crippen LogP contribution is 2.32. The van der Waals surface area contributed by atoms with E-state index in [9.17, 15) is 0 Å². The van der Waals surface area contributed by atoms with Crippen LogP contribution in [0, 0.1) is 27.7 Å². The van der Waals surface area contributed by atoms with Crippen LogP contribution in [0.15, 0.2) is 22.8 Å². The van der Waals surface area contributed by atoms with E-state index >= 15 is 0 Å². The highest BCUT2D eigenvalue weighted by atomic mass is 16.3. The van der Waals surface area contributed by atoms with Gasteiger partial charge in [0.05, 0.1) is 12.3 Å². The van der Waals surface area contributed by atoms with Crippen molar-refractivity contribution in [1.82, 2.24) is 0 Å². The van der Waals surface area contributed by atoms with E-state index in [1.807, 2.05) is 6.07 Å². The molecule has 0 spiro atoms. The van der Waals surface area contributed by atoms with Gasteiger partial charge in [0, 0.05) is 12.0 Å². The molecule has 0 saturated heterocycles. The fourth-order valence-electron chi connectivity index (χ4n) is 2.78. The van der Waals surface area contributed by atoms with Gasteiger partial charge in [-0.25, -0.2) is 0 Å². The summed E-state index contributed by atoms with van der Waals surface area (Å²) in [6, 6.07) is 4.13. The molecule has 0 aliphatic rings. The van der Waals surface area contributed by atoms with E-state index in [-0.39, 0.29) is 6.04 Å². The third-order valence-electron chi connectivity index (χ3n) is 4.17. The number of nitrogens with two attached hydrogens (primary N) is 1. The zero-order valence-corrected chi connectivity index (χ0v) is 12.5. The van der Waals surface area contributed by atoms with Crippen LogP contribution in [0.4, 0.5) is 0 Å². The number of aryl methyl sites for hydroxylation is 3. The first-order valence-corrected chi connectivity index (χ1v) is 6.86. The first kappa shape index (κ1) is 13.9. The van der Waals surface area contributed by atoms with Crippen molar-refractivity contribution in [2.24, 2.45) is 5.73 Å². The summed E-state index contributed by atoms with van der Waals surface area (Å²) in [5.74, 6) is 0.991. The van der Waals surface area contributed by atoms with Crippen molar-refractivity contribution < 1.29 is 4.42 Å². The molecule has 19 heavy (non-hydrogen) atoms. The predicted octanol–water partition coefficient (Wildman–Crippen LogP) is 4.12. The monoisotopic (exact) mass is 257 g/mol. The molecule has 0 saturated carbocycles. The minimum atomic E-state index is -0.104. The van der Waals surface area contributed by atoms with Crippen molar-refractivity contribution in [3.05, 3.63) is 57.5 Å². The predicted molar refractivity (Wildman–Crippen MR) is 79.5 cm³/mol. The lowest BCUT2D eigenvalue weighted by atomic mass is 9.87. The maximum absolute atomic E-state index is 6.52. The Hall–Kier alpha value is -1.54. The molecule has 0 aliphatic heterocycles. The topological polar surface area (TPSA) is 39.2 Å². The van der Waals surface area contributed by atoms with Gasteiger partial charge >= 0.3 is 0 Å². The maximum Gasteiger partial charge on any atom is 0.108 e. The lowest BCUT2D eigenvalue weighted by Gasteiger charge is -2.21. The van der Waals surface area contributed by atoms with Gasteiger partial charge in [-0.15, -0.1) is 0 Å². The van der Waals surface area contributed by atoms with E-state index in [4.69, 9.17) is 10.2 Å². The molecule has 2 nitrogen and oxygen atoms in total. The SMILES string of the molecule is CCc1occc1C(N)c1c(C)c(C)cc(C)c1C. The van der Waals surface area contributed by atoms with Crippen LogP contribution in [-0.4, -0.2) is 0 Å². The fourth-order valence-corrected chi connectivity index (χ4v) is 2.78. The summed E-state index contributed by atoms with van der Waals surface area (Å²) in [7, 11) is 0. The largest absolute Gasteiger partial charge is 0.469 e. The van der Waals surface area contributed by atoms with E-state index in [0.29, 0.717) is 0 Å². The van der Waals surface area contributed by atoms with Gasteiger partial charge in [0.15, 0.2) is 0 Å². The molecular formula is C17H23NO. The minimum absolute atomic E-state index is 0.104. The lowest BCUT2D eigenvalue weighted by Crippen LogP contribution is -2.17. The van der Waals surface area contributed by atoms with E-state index in [2.05, 4.69) is 40.7 Å². The minimum Gasteiger partial charge on any atom is -0.469 e. The Kier molecular flexibility index (Phi) is 3.81. The van der Waals surface area contributed by atoms with Gasteiger partial charge in [0.25, 0.3) is 0 Å². The van der Waals surface area contributed by atoms with Gasteiger partial charge < -0.3 is 10.2 Å². The van der Waals surface area contributed by atoms with Gasteiger partial charge in [-0.3, -0.25) is 0 Å². The summed E-state index contributed by atoms with van der Waals surface area (Å²) in [5, 5.41) is 0. The average Bonchev–Trinajstić information content (AvgIpc) is 2.84. The Bertz CT molecular complexity index is 569. The third kappa shape index (κ3) is 2.33. The van der Waals surface area contributed by atoms with Gasteiger partial charge in [0.2, 0.25) is 0 Å². The van der Waals surface area contributed by atoms with E-state index in [1.165, 1.54) is 27.8 Å². The molecule has 0 bridgehead atoms. The molecule has 0 amide bonds. The molecule has 2 heteroatoms. The zero-order valence-electron chi connectivity index (χ0n) is 12.5. The Labute approximate surface area is 115 Å². The summed E-state index contributed by atoms with van der Waals surface area (Å²) < 4.78 is 5.52. The molecule has 2 rings (SSSR count). The normalized spacial score (nSPS) is 12.7. The van der Waals surface area contributed by atoms with Crippen LogP contribution in [0.3, 0.4) is 0 Å². The molecule has 1 aromatic heterocycles. The summed E-state index contributed by atoms with van der Waals surface area (Å²) >= 11 is 0. The van der Waals surface area contributed by atoms with E-state index < -0.39 is 0 Å². The highest BCUT2D eigenvalue weighted by molar-refractivity contribution is 5.49. The summed E-state index contributed by atoms with van der Waals surface area (Å²) in [5.41, 5.74) is 14.1. The number of furan rings is 1. The molecule has 0 aliphatic carbocycles. The number of benzene rings is 1. The van der Waals surface area contributed by atoms with Crippen LogP contribution < -0.4 is 5.73 Å². The number of hydrogen-bond donors (Lipinski definition) is 1. The molecule has 1 heterocycles. The van der Waals surface area contributed by atoms with Crippen LogP contribution in [0.1, 0.15) is 52.1 Å².